The molecule has 130 valence electrons. The van der Waals surface area contributed by atoms with E-state index < -0.39 is 0 Å². The first-order valence-electron chi connectivity index (χ1n) is 9.59. The summed E-state index contributed by atoms with van der Waals surface area (Å²) in [5.74, 6) is 1.16. The van der Waals surface area contributed by atoms with Gasteiger partial charge >= 0.3 is 0 Å². The van der Waals surface area contributed by atoms with Crippen molar-refractivity contribution >= 4 is 15.9 Å². The Morgan fingerprint density at radius 1 is 0.731 bits per heavy atom. The summed E-state index contributed by atoms with van der Waals surface area (Å²) in [6.45, 7) is 0. The first kappa shape index (κ1) is 16.3. The van der Waals surface area contributed by atoms with Gasteiger partial charge in [0.2, 0.25) is 0 Å². The van der Waals surface area contributed by atoms with E-state index in [2.05, 4.69) is 94.8 Å². The lowest BCUT2D eigenvalue weighted by atomic mass is 9.50. The smallest absolute Gasteiger partial charge is 0.0109 e. The SMILES string of the molecule is BrC[C@@H]1c2ccccc2CC2Cc3ccccc3C[C@@]21c1ccccc1. The molecule has 3 aromatic carbocycles. The van der Waals surface area contributed by atoms with Crippen LogP contribution in [0.1, 0.15) is 33.7 Å². The highest BCUT2D eigenvalue weighted by Gasteiger charge is 2.52. The van der Waals surface area contributed by atoms with Gasteiger partial charge in [0.25, 0.3) is 0 Å². The van der Waals surface area contributed by atoms with Crippen molar-refractivity contribution in [3.8, 4) is 0 Å². The summed E-state index contributed by atoms with van der Waals surface area (Å²) in [4.78, 5) is 0. The van der Waals surface area contributed by atoms with Crippen molar-refractivity contribution < 1.29 is 0 Å². The van der Waals surface area contributed by atoms with Gasteiger partial charge in [-0.3, -0.25) is 0 Å². The van der Waals surface area contributed by atoms with Crippen molar-refractivity contribution in [2.45, 2.75) is 30.6 Å². The molecule has 0 spiro atoms. The van der Waals surface area contributed by atoms with E-state index >= 15 is 0 Å². The van der Waals surface area contributed by atoms with Crippen LogP contribution in [0.4, 0.5) is 0 Å². The lowest BCUT2D eigenvalue weighted by molar-refractivity contribution is 0.190. The van der Waals surface area contributed by atoms with E-state index in [1.165, 1.54) is 24.0 Å². The molecule has 0 amide bonds. The van der Waals surface area contributed by atoms with E-state index in [0.717, 1.165) is 11.8 Å². The highest BCUT2D eigenvalue weighted by Crippen LogP contribution is 2.56. The Balaban J connectivity index is 1.76. The number of benzene rings is 3. The molecule has 0 N–H and O–H groups in total. The number of rotatable bonds is 2. The number of halogens is 1. The van der Waals surface area contributed by atoms with Gasteiger partial charge in [0.15, 0.2) is 0 Å². The summed E-state index contributed by atoms with van der Waals surface area (Å²) in [7, 11) is 0. The van der Waals surface area contributed by atoms with Crippen LogP contribution in [0.25, 0.3) is 0 Å². The fourth-order valence-electron chi connectivity index (χ4n) is 5.61. The minimum atomic E-state index is 0.174. The molecule has 5 rings (SSSR count). The van der Waals surface area contributed by atoms with Crippen LogP contribution in [-0.2, 0) is 24.7 Å². The lowest BCUT2D eigenvalue weighted by Gasteiger charge is -2.53. The average Bonchev–Trinajstić information content (AvgIpc) is 2.71. The summed E-state index contributed by atoms with van der Waals surface area (Å²) in [6, 6.07) is 29.5. The highest BCUT2D eigenvalue weighted by atomic mass is 79.9. The van der Waals surface area contributed by atoms with Crippen LogP contribution in [0.2, 0.25) is 0 Å². The van der Waals surface area contributed by atoms with E-state index in [1.807, 2.05) is 0 Å². The molecule has 0 radical (unpaired) electrons. The Bertz CT molecular complexity index is 930. The summed E-state index contributed by atoms with van der Waals surface area (Å²) < 4.78 is 0. The van der Waals surface area contributed by atoms with Gasteiger partial charge in [0, 0.05) is 16.7 Å². The van der Waals surface area contributed by atoms with Crippen molar-refractivity contribution in [1.29, 1.82) is 0 Å². The third-order valence-electron chi connectivity index (χ3n) is 6.78. The molecule has 0 heterocycles. The summed E-state index contributed by atoms with van der Waals surface area (Å²) >= 11 is 3.92. The van der Waals surface area contributed by atoms with Crippen LogP contribution in [0.5, 0.6) is 0 Å². The van der Waals surface area contributed by atoms with Crippen LogP contribution >= 0.6 is 15.9 Å². The van der Waals surface area contributed by atoms with Crippen molar-refractivity contribution in [2.24, 2.45) is 5.92 Å². The molecule has 0 saturated heterocycles. The second kappa shape index (κ2) is 6.39. The van der Waals surface area contributed by atoms with Gasteiger partial charge in [-0.25, -0.2) is 0 Å². The zero-order chi connectivity index (χ0) is 17.6. The zero-order valence-electron chi connectivity index (χ0n) is 14.9. The second-order valence-corrected chi connectivity index (χ2v) is 8.51. The molecule has 0 saturated carbocycles. The van der Waals surface area contributed by atoms with Gasteiger partial charge in [-0.15, -0.1) is 0 Å². The predicted octanol–water partition coefficient (Wildman–Crippen LogP) is 6.07. The molecule has 3 aromatic rings. The number of fused-ring (bicyclic) bond motifs is 3. The molecule has 0 nitrogen and oxygen atoms in total. The van der Waals surface area contributed by atoms with Crippen LogP contribution in [0.15, 0.2) is 78.9 Å². The molecule has 1 unspecified atom stereocenters. The maximum absolute atomic E-state index is 3.92. The molecule has 0 fully saturated rings. The van der Waals surface area contributed by atoms with E-state index in [0.29, 0.717) is 11.8 Å². The normalized spacial score (nSPS) is 26.5. The standard InChI is InChI=1S/C25H23Br/c26-17-24-23-13-7-6-9-19(23)15-22-14-18-8-4-5-10-20(18)16-25(22,24)21-11-2-1-3-12-21/h1-13,22,24H,14-17H2/t22?,24-,25-/m1/s1. The second-order valence-electron chi connectivity index (χ2n) is 7.86. The highest BCUT2D eigenvalue weighted by molar-refractivity contribution is 9.09. The molecule has 2 aliphatic rings. The maximum atomic E-state index is 3.92. The Kier molecular flexibility index (Phi) is 4.01. The number of hydrogen-bond acceptors (Lipinski definition) is 0. The number of hydrogen-bond donors (Lipinski definition) is 0. The third kappa shape index (κ3) is 2.33. The summed E-state index contributed by atoms with van der Waals surface area (Å²) in [6.07, 6.45) is 3.51. The van der Waals surface area contributed by atoms with Gasteiger partial charge in [0.05, 0.1) is 0 Å². The Morgan fingerprint density at radius 3 is 2.12 bits per heavy atom. The average molecular weight is 403 g/mol. The van der Waals surface area contributed by atoms with Gasteiger partial charge < -0.3 is 0 Å². The number of alkyl halides is 1. The fraction of sp³-hybridized carbons (Fsp3) is 0.280. The summed E-state index contributed by atoms with van der Waals surface area (Å²) in [5.41, 5.74) is 7.87. The van der Waals surface area contributed by atoms with Crippen LogP contribution in [-0.4, -0.2) is 5.33 Å². The van der Waals surface area contributed by atoms with E-state index in [-0.39, 0.29) is 5.41 Å². The molecule has 1 heteroatoms. The molecular weight excluding hydrogens is 380 g/mol. The van der Waals surface area contributed by atoms with Gasteiger partial charge in [-0.2, -0.15) is 0 Å². The van der Waals surface area contributed by atoms with Crippen molar-refractivity contribution in [2.75, 3.05) is 5.33 Å². The molecule has 2 aliphatic carbocycles. The monoisotopic (exact) mass is 402 g/mol. The Labute approximate surface area is 164 Å². The molecule has 3 atom stereocenters. The van der Waals surface area contributed by atoms with Gasteiger partial charge in [0.1, 0.15) is 0 Å². The Hall–Kier alpha value is -1.86. The van der Waals surface area contributed by atoms with Crippen molar-refractivity contribution in [3.63, 3.8) is 0 Å². The van der Waals surface area contributed by atoms with E-state index in [4.69, 9.17) is 0 Å². The fourth-order valence-corrected chi connectivity index (χ4v) is 6.54. The zero-order valence-corrected chi connectivity index (χ0v) is 16.5. The minimum Gasteiger partial charge on any atom is -0.0921 e. The van der Waals surface area contributed by atoms with Gasteiger partial charge in [-0.05, 0) is 53.0 Å². The topological polar surface area (TPSA) is 0 Å². The Morgan fingerprint density at radius 2 is 1.35 bits per heavy atom. The molecule has 26 heavy (non-hydrogen) atoms. The van der Waals surface area contributed by atoms with Crippen LogP contribution in [0, 0.1) is 5.92 Å². The predicted molar refractivity (Wildman–Crippen MR) is 112 cm³/mol. The van der Waals surface area contributed by atoms with E-state index in [1.54, 1.807) is 16.7 Å². The first-order valence-corrected chi connectivity index (χ1v) is 10.7. The first-order chi connectivity index (χ1) is 12.8. The van der Waals surface area contributed by atoms with E-state index in [9.17, 15) is 0 Å². The third-order valence-corrected chi connectivity index (χ3v) is 7.43. The van der Waals surface area contributed by atoms with Crippen molar-refractivity contribution in [1.82, 2.24) is 0 Å². The lowest BCUT2D eigenvalue weighted by Crippen LogP contribution is -2.51. The van der Waals surface area contributed by atoms with Crippen LogP contribution in [0.3, 0.4) is 0 Å². The molecule has 0 bridgehead atoms. The largest absolute Gasteiger partial charge is 0.0921 e. The maximum Gasteiger partial charge on any atom is 0.0109 e. The molecule has 0 aromatic heterocycles. The quantitative estimate of drug-likeness (QED) is 0.456. The van der Waals surface area contributed by atoms with Crippen molar-refractivity contribution in [3.05, 3.63) is 107 Å². The minimum absolute atomic E-state index is 0.174. The molecular formula is C25H23Br. The summed E-state index contributed by atoms with van der Waals surface area (Å²) in [5, 5.41) is 1.01. The molecule has 0 aliphatic heterocycles. The van der Waals surface area contributed by atoms with Crippen LogP contribution < -0.4 is 0 Å². The van der Waals surface area contributed by atoms with Gasteiger partial charge in [-0.1, -0.05) is 94.8 Å².